The van der Waals surface area contributed by atoms with Crippen LogP contribution in [0.1, 0.15) is 21.5 Å². The highest BCUT2D eigenvalue weighted by atomic mass is 16.4. The van der Waals surface area contributed by atoms with Crippen molar-refractivity contribution >= 4 is 22.6 Å². The van der Waals surface area contributed by atoms with E-state index in [4.69, 9.17) is 5.26 Å². The monoisotopic (exact) mass is 344 g/mol. The summed E-state index contributed by atoms with van der Waals surface area (Å²) in [4.78, 5) is 24.0. The fraction of sp³-hybridized carbons (Fsp3) is 0.0952. The minimum absolute atomic E-state index is 0.139. The maximum atomic E-state index is 12.5. The fourth-order valence-electron chi connectivity index (χ4n) is 2.72. The molecule has 0 saturated carbocycles. The van der Waals surface area contributed by atoms with Crippen LogP contribution in [0.25, 0.3) is 10.8 Å². The molecule has 0 unspecified atom stereocenters. The molecule has 2 N–H and O–H groups in total. The lowest BCUT2D eigenvalue weighted by atomic mass is 10.0. The van der Waals surface area contributed by atoms with Crippen LogP contribution in [-0.2, 0) is 11.2 Å². The Morgan fingerprint density at radius 3 is 2.35 bits per heavy atom. The lowest BCUT2D eigenvalue weighted by Crippen LogP contribution is -2.42. The van der Waals surface area contributed by atoms with Gasteiger partial charge in [-0.1, -0.05) is 42.5 Å². The number of carbonyl (C=O) groups is 2. The summed E-state index contributed by atoms with van der Waals surface area (Å²) in [6.45, 7) is 0. The van der Waals surface area contributed by atoms with Crippen LogP contribution in [0.4, 0.5) is 0 Å². The van der Waals surface area contributed by atoms with Crippen molar-refractivity contribution in [2.75, 3.05) is 0 Å². The number of benzene rings is 3. The number of hydrogen-bond acceptors (Lipinski definition) is 3. The SMILES string of the molecule is N#Cc1ccc(C[C@@H](NC(=O)c2ccc3ccccc3c2)C(=O)O)cc1. The highest BCUT2D eigenvalue weighted by Crippen LogP contribution is 2.16. The number of hydrogen-bond donors (Lipinski definition) is 2. The highest BCUT2D eigenvalue weighted by Gasteiger charge is 2.21. The third-order valence-electron chi connectivity index (χ3n) is 4.14. The molecule has 1 amide bonds. The second kappa shape index (κ2) is 7.49. The minimum atomic E-state index is -1.11. The summed E-state index contributed by atoms with van der Waals surface area (Å²) in [6.07, 6.45) is 0.139. The van der Waals surface area contributed by atoms with Crippen LogP contribution < -0.4 is 5.32 Å². The van der Waals surface area contributed by atoms with Gasteiger partial charge < -0.3 is 10.4 Å². The Hall–Kier alpha value is -3.65. The van der Waals surface area contributed by atoms with Crippen LogP contribution in [0, 0.1) is 11.3 Å². The molecule has 3 aromatic rings. The number of carboxylic acids is 1. The van der Waals surface area contributed by atoms with Gasteiger partial charge >= 0.3 is 5.97 Å². The van der Waals surface area contributed by atoms with Crippen molar-refractivity contribution in [1.82, 2.24) is 5.32 Å². The molecule has 3 rings (SSSR count). The first kappa shape index (κ1) is 17.2. The summed E-state index contributed by atoms with van der Waals surface area (Å²) < 4.78 is 0. The highest BCUT2D eigenvalue weighted by molar-refractivity contribution is 6.00. The van der Waals surface area contributed by atoms with E-state index >= 15 is 0 Å². The van der Waals surface area contributed by atoms with E-state index in [1.807, 2.05) is 36.4 Å². The van der Waals surface area contributed by atoms with Gasteiger partial charge in [0.05, 0.1) is 11.6 Å². The normalized spacial score (nSPS) is 11.5. The number of carbonyl (C=O) groups excluding carboxylic acids is 1. The standard InChI is InChI=1S/C21H16N2O3/c22-13-15-7-5-14(6-8-15)11-19(21(25)26)23-20(24)18-10-9-16-3-1-2-4-17(16)12-18/h1-10,12,19H,11H2,(H,23,24)(H,25,26)/t19-/m1/s1. The van der Waals surface area contributed by atoms with E-state index in [-0.39, 0.29) is 6.42 Å². The smallest absolute Gasteiger partial charge is 0.326 e. The molecule has 3 aromatic carbocycles. The lowest BCUT2D eigenvalue weighted by Gasteiger charge is -2.15. The van der Waals surface area contributed by atoms with Gasteiger partial charge in [-0.2, -0.15) is 5.26 Å². The molecule has 0 aliphatic heterocycles. The number of rotatable bonds is 5. The first-order valence-corrected chi connectivity index (χ1v) is 8.08. The van der Waals surface area contributed by atoms with E-state index in [1.165, 1.54) is 0 Å². The summed E-state index contributed by atoms with van der Waals surface area (Å²) in [7, 11) is 0. The Kier molecular flexibility index (Phi) is 4.95. The van der Waals surface area contributed by atoms with Gasteiger partial charge in [0, 0.05) is 12.0 Å². The molecule has 128 valence electrons. The Morgan fingerprint density at radius 1 is 1.00 bits per heavy atom. The van der Waals surface area contributed by atoms with Crippen LogP contribution in [0.5, 0.6) is 0 Å². The van der Waals surface area contributed by atoms with Crippen LogP contribution in [0.2, 0.25) is 0 Å². The molecule has 0 radical (unpaired) electrons. The summed E-state index contributed by atoms with van der Waals surface area (Å²) >= 11 is 0. The maximum absolute atomic E-state index is 12.5. The third kappa shape index (κ3) is 3.87. The van der Waals surface area contributed by atoms with Gasteiger partial charge in [-0.05, 0) is 40.6 Å². The van der Waals surface area contributed by atoms with Gasteiger partial charge in [0.15, 0.2) is 0 Å². The number of aliphatic carboxylic acids is 1. The van der Waals surface area contributed by atoms with E-state index in [0.717, 1.165) is 16.3 Å². The second-order valence-corrected chi connectivity index (χ2v) is 5.94. The van der Waals surface area contributed by atoms with Crippen molar-refractivity contribution in [3.63, 3.8) is 0 Å². The average molecular weight is 344 g/mol. The zero-order chi connectivity index (χ0) is 18.5. The zero-order valence-electron chi connectivity index (χ0n) is 13.8. The van der Waals surface area contributed by atoms with Crippen molar-refractivity contribution in [3.8, 4) is 6.07 Å². The number of carboxylic acid groups (broad SMARTS) is 1. The van der Waals surface area contributed by atoms with Crippen molar-refractivity contribution < 1.29 is 14.7 Å². The van der Waals surface area contributed by atoms with Crippen molar-refractivity contribution in [2.24, 2.45) is 0 Å². The summed E-state index contributed by atoms with van der Waals surface area (Å²) in [5.41, 5.74) is 1.64. The largest absolute Gasteiger partial charge is 0.480 e. The van der Waals surface area contributed by atoms with E-state index < -0.39 is 17.9 Å². The predicted octanol–water partition coefficient (Wildman–Crippen LogP) is 3.14. The van der Waals surface area contributed by atoms with Gasteiger partial charge in [0.2, 0.25) is 0 Å². The van der Waals surface area contributed by atoms with Gasteiger partial charge in [-0.3, -0.25) is 4.79 Å². The van der Waals surface area contributed by atoms with Crippen LogP contribution >= 0.6 is 0 Å². The Balaban J connectivity index is 1.76. The fourth-order valence-corrected chi connectivity index (χ4v) is 2.72. The quantitative estimate of drug-likeness (QED) is 0.744. The Morgan fingerprint density at radius 2 is 1.69 bits per heavy atom. The maximum Gasteiger partial charge on any atom is 0.326 e. The van der Waals surface area contributed by atoms with Crippen LogP contribution in [-0.4, -0.2) is 23.0 Å². The van der Waals surface area contributed by atoms with E-state index in [9.17, 15) is 14.7 Å². The topological polar surface area (TPSA) is 90.2 Å². The van der Waals surface area contributed by atoms with E-state index in [0.29, 0.717) is 11.1 Å². The van der Waals surface area contributed by atoms with Gasteiger partial charge in [-0.15, -0.1) is 0 Å². The molecule has 0 fully saturated rings. The number of nitrogens with one attached hydrogen (secondary N) is 1. The zero-order valence-corrected chi connectivity index (χ0v) is 13.8. The Bertz CT molecular complexity index is 1000. The average Bonchev–Trinajstić information content (AvgIpc) is 2.67. The molecule has 5 heteroatoms. The molecule has 0 spiro atoms. The summed E-state index contributed by atoms with van der Waals surface area (Å²) in [5.74, 6) is -1.54. The number of nitriles is 1. The molecule has 0 saturated heterocycles. The second-order valence-electron chi connectivity index (χ2n) is 5.94. The molecule has 5 nitrogen and oxygen atoms in total. The van der Waals surface area contributed by atoms with Crippen molar-refractivity contribution in [2.45, 2.75) is 12.5 Å². The first-order valence-electron chi connectivity index (χ1n) is 8.08. The molecule has 0 aliphatic carbocycles. The van der Waals surface area contributed by atoms with Crippen LogP contribution in [0.15, 0.2) is 66.7 Å². The van der Waals surface area contributed by atoms with E-state index in [2.05, 4.69) is 5.32 Å². The van der Waals surface area contributed by atoms with Gasteiger partial charge in [-0.25, -0.2) is 4.79 Å². The number of nitrogens with zero attached hydrogens (tertiary/aromatic N) is 1. The molecular weight excluding hydrogens is 328 g/mol. The minimum Gasteiger partial charge on any atom is -0.480 e. The number of amides is 1. The summed E-state index contributed by atoms with van der Waals surface area (Å²) in [5, 5.41) is 22.8. The van der Waals surface area contributed by atoms with Gasteiger partial charge in [0.1, 0.15) is 6.04 Å². The molecule has 0 bridgehead atoms. The van der Waals surface area contributed by atoms with E-state index in [1.54, 1.807) is 36.4 Å². The predicted molar refractivity (Wildman–Crippen MR) is 97.7 cm³/mol. The first-order chi connectivity index (χ1) is 12.6. The molecule has 0 aromatic heterocycles. The Labute approximate surface area is 150 Å². The number of fused-ring (bicyclic) bond motifs is 1. The summed E-state index contributed by atoms with van der Waals surface area (Å²) in [6, 6.07) is 20.5. The molecule has 0 heterocycles. The van der Waals surface area contributed by atoms with Crippen molar-refractivity contribution in [3.05, 3.63) is 83.4 Å². The van der Waals surface area contributed by atoms with Gasteiger partial charge in [0.25, 0.3) is 5.91 Å². The molecule has 1 atom stereocenters. The molecular formula is C21H16N2O3. The van der Waals surface area contributed by atoms with Crippen molar-refractivity contribution in [1.29, 1.82) is 5.26 Å². The molecule has 0 aliphatic rings. The molecule has 26 heavy (non-hydrogen) atoms. The lowest BCUT2D eigenvalue weighted by molar-refractivity contribution is -0.139. The van der Waals surface area contributed by atoms with Crippen LogP contribution in [0.3, 0.4) is 0 Å². The third-order valence-corrected chi connectivity index (χ3v) is 4.14.